The zero-order valence-electron chi connectivity index (χ0n) is 16.5. The number of nitrogens with one attached hydrogen (secondary N) is 2. The van der Waals surface area contributed by atoms with E-state index in [1.165, 1.54) is 0 Å². The Kier molecular flexibility index (Phi) is 5.43. The third kappa shape index (κ3) is 3.61. The molecule has 1 unspecified atom stereocenters. The van der Waals surface area contributed by atoms with Crippen molar-refractivity contribution in [2.24, 2.45) is 5.92 Å². The number of hydrogen-bond acceptors (Lipinski definition) is 5. The summed E-state index contributed by atoms with van der Waals surface area (Å²) in [6, 6.07) is 2.14. The highest BCUT2D eigenvalue weighted by Gasteiger charge is 2.67. The molecule has 4 rings (SSSR count). The number of carbonyl (C=O) groups is 3. The number of rotatable bonds is 5. The lowest BCUT2D eigenvalue weighted by atomic mass is 10.0. The molecule has 0 spiro atoms. The molecule has 1 atom stereocenters. The minimum Gasteiger partial charge on any atom is -0.449 e. The molecule has 1 fully saturated rings. The van der Waals surface area contributed by atoms with Crippen molar-refractivity contribution in [1.29, 1.82) is 0 Å². The Morgan fingerprint density at radius 1 is 1.34 bits per heavy atom. The van der Waals surface area contributed by atoms with Crippen molar-refractivity contribution in [3.05, 3.63) is 17.2 Å². The molecule has 13 heteroatoms. The zero-order valence-corrected chi connectivity index (χ0v) is 17.2. The fraction of sp³-hybridized carbons (Fsp3) is 0.474. The van der Waals surface area contributed by atoms with Gasteiger partial charge < -0.3 is 15.2 Å². The van der Waals surface area contributed by atoms with Gasteiger partial charge in [-0.2, -0.15) is 13.2 Å². The Bertz CT molecular complexity index is 1110. The van der Waals surface area contributed by atoms with E-state index in [-0.39, 0.29) is 28.4 Å². The number of fused-ring (bicyclic) bond motifs is 3. The number of hydrogen-bond donors (Lipinski definition) is 3. The number of nitrogens with zero attached hydrogens (tertiary/aromatic N) is 2. The Balaban J connectivity index is 1.78. The third-order valence-corrected chi connectivity index (χ3v) is 5.98. The molecule has 1 aromatic heterocycles. The molecule has 32 heavy (non-hydrogen) atoms. The van der Waals surface area contributed by atoms with Gasteiger partial charge in [-0.15, -0.1) is 0 Å². The predicted octanol–water partition coefficient (Wildman–Crippen LogP) is 4.00. The summed E-state index contributed by atoms with van der Waals surface area (Å²) in [5, 5.41) is 12.6. The second-order valence-electron chi connectivity index (χ2n) is 7.81. The van der Waals surface area contributed by atoms with Gasteiger partial charge in [0.1, 0.15) is 5.52 Å². The molecule has 0 bridgehead atoms. The van der Waals surface area contributed by atoms with Gasteiger partial charge in [-0.05, 0) is 18.4 Å². The van der Waals surface area contributed by atoms with E-state index >= 15 is 0 Å². The molecule has 0 radical (unpaired) electrons. The Morgan fingerprint density at radius 2 is 2.03 bits per heavy atom. The highest BCUT2D eigenvalue weighted by molar-refractivity contribution is 6.31. The molecule has 1 saturated carbocycles. The molecule has 9 nitrogen and oxygen atoms in total. The number of benzene rings is 1. The molecule has 2 heterocycles. The highest BCUT2D eigenvalue weighted by Crippen LogP contribution is 2.46. The first kappa shape index (κ1) is 22.2. The molecule has 172 valence electrons. The lowest BCUT2D eigenvalue weighted by molar-refractivity contribution is -0.217. The Hall–Kier alpha value is -3.02. The molecular weight excluding hydrogens is 457 g/mol. The summed E-state index contributed by atoms with van der Waals surface area (Å²) < 4.78 is 48.2. The first-order valence-corrected chi connectivity index (χ1v) is 10.2. The van der Waals surface area contributed by atoms with Gasteiger partial charge in [0, 0.05) is 17.5 Å². The van der Waals surface area contributed by atoms with Gasteiger partial charge in [0.15, 0.2) is 5.75 Å². The maximum atomic E-state index is 14.4. The van der Waals surface area contributed by atoms with Gasteiger partial charge >= 0.3 is 12.3 Å². The molecule has 1 aromatic carbocycles. The minimum atomic E-state index is -5.25. The van der Waals surface area contributed by atoms with E-state index in [1.807, 2.05) is 10.6 Å². The molecule has 2 amide bonds. The van der Waals surface area contributed by atoms with Crippen LogP contribution in [0.3, 0.4) is 0 Å². The summed E-state index contributed by atoms with van der Waals surface area (Å²) in [4.78, 5) is 40.0. The van der Waals surface area contributed by atoms with Crippen molar-refractivity contribution in [3.8, 4) is 5.75 Å². The van der Waals surface area contributed by atoms with Crippen LogP contribution in [0.15, 0.2) is 12.1 Å². The van der Waals surface area contributed by atoms with Crippen LogP contribution in [0.5, 0.6) is 5.75 Å². The second kappa shape index (κ2) is 7.84. The quantitative estimate of drug-likeness (QED) is 0.444. The number of imidazole rings is 1. The van der Waals surface area contributed by atoms with Crippen LogP contribution in [0.4, 0.5) is 23.9 Å². The molecule has 2 aromatic rings. The van der Waals surface area contributed by atoms with E-state index in [4.69, 9.17) is 16.7 Å². The first-order chi connectivity index (χ1) is 15.0. The van der Waals surface area contributed by atoms with Crippen molar-refractivity contribution < 1.29 is 37.4 Å². The Morgan fingerprint density at radius 3 is 2.66 bits per heavy atom. The highest BCUT2D eigenvalue weighted by atomic mass is 35.5. The van der Waals surface area contributed by atoms with Crippen LogP contribution < -0.4 is 15.4 Å². The maximum absolute atomic E-state index is 14.4. The van der Waals surface area contributed by atoms with Crippen LogP contribution in [0.25, 0.3) is 11.0 Å². The second-order valence-corrected chi connectivity index (χ2v) is 8.25. The average Bonchev–Trinajstić information content (AvgIpc) is 3.36. The lowest BCUT2D eigenvalue weighted by Crippen LogP contribution is -2.63. The summed E-state index contributed by atoms with van der Waals surface area (Å²) in [6.45, 7) is 0. The van der Waals surface area contributed by atoms with Gasteiger partial charge in [0.05, 0.1) is 5.52 Å². The minimum absolute atomic E-state index is 0.153. The van der Waals surface area contributed by atoms with Crippen molar-refractivity contribution in [1.82, 2.24) is 14.9 Å². The number of amides is 2. The number of halogens is 4. The van der Waals surface area contributed by atoms with Gasteiger partial charge in [0.2, 0.25) is 11.9 Å². The Labute approximate surface area is 183 Å². The molecule has 1 aliphatic carbocycles. The van der Waals surface area contributed by atoms with E-state index in [2.05, 4.69) is 9.72 Å². The summed E-state index contributed by atoms with van der Waals surface area (Å²) in [5.74, 6) is -3.16. The zero-order chi connectivity index (χ0) is 23.3. The van der Waals surface area contributed by atoms with Crippen molar-refractivity contribution in [2.45, 2.75) is 50.4 Å². The van der Waals surface area contributed by atoms with E-state index in [0.717, 1.165) is 37.8 Å². The van der Waals surface area contributed by atoms with Gasteiger partial charge in [0.25, 0.3) is 11.6 Å². The van der Waals surface area contributed by atoms with Crippen LogP contribution in [-0.4, -0.2) is 38.8 Å². The van der Waals surface area contributed by atoms with E-state index in [1.54, 1.807) is 0 Å². The normalized spacial score (nSPS) is 20.9. The van der Waals surface area contributed by atoms with Gasteiger partial charge in [-0.25, -0.2) is 9.78 Å². The number of carbonyl (C=O) groups excluding carboxylic acids is 2. The van der Waals surface area contributed by atoms with E-state index in [9.17, 15) is 27.6 Å². The van der Waals surface area contributed by atoms with Crippen LogP contribution in [0.1, 0.15) is 38.5 Å². The van der Waals surface area contributed by atoms with Crippen molar-refractivity contribution in [3.63, 3.8) is 0 Å². The SMILES string of the molecule is O=C(CCC1CCCC1)NC1(C(F)(F)F)C(=O)Nc2nc3c(OC(=O)O)cc(Cl)cc3n21. The van der Waals surface area contributed by atoms with E-state index in [0.29, 0.717) is 11.0 Å². The standard InChI is InChI=1S/C19H18ClF3N4O5/c20-10-7-11-14(12(8-10)32-17(30)31)24-16-25-15(29)18(27(11)16,19(21,22)23)26-13(28)6-5-9-3-1-2-4-9/h7-9H,1-6H2,(H,26,28)(H,30,31)(H,24,25,29). The predicted molar refractivity (Wildman–Crippen MR) is 105 cm³/mol. The van der Waals surface area contributed by atoms with Crippen LogP contribution in [-0.2, 0) is 15.3 Å². The number of carboxylic acid groups (broad SMARTS) is 1. The summed E-state index contributed by atoms with van der Waals surface area (Å²) in [6.07, 6.45) is -2.87. The number of ether oxygens (including phenoxy) is 1. The summed E-state index contributed by atoms with van der Waals surface area (Å²) >= 11 is 5.95. The molecule has 2 aliphatic rings. The smallest absolute Gasteiger partial charge is 0.449 e. The van der Waals surface area contributed by atoms with Crippen LogP contribution >= 0.6 is 11.6 Å². The first-order valence-electron chi connectivity index (χ1n) is 9.85. The topological polar surface area (TPSA) is 123 Å². The molecular formula is C19H18ClF3N4O5. The monoisotopic (exact) mass is 474 g/mol. The van der Waals surface area contributed by atoms with Crippen LogP contribution in [0, 0.1) is 5.92 Å². The number of anilines is 1. The van der Waals surface area contributed by atoms with Crippen LogP contribution in [0.2, 0.25) is 5.02 Å². The molecule has 0 saturated heterocycles. The molecule has 1 aliphatic heterocycles. The number of aromatic nitrogens is 2. The van der Waals surface area contributed by atoms with Crippen molar-refractivity contribution in [2.75, 3.05) is 5.32 Å². The third-order valence-electron chi connectivity index (χ3n) is 5.76. The molecule has 3 N–H and O–H groups in total. The largest absolute Gasteiger partial charge is 0.511 e. The fourth-order valence-electron chi connectivity index (χ4n) is 4.34. The van der Waals surface area contributed by atoms with E-state index < -0.39 is 41.5 Å². The van der Waals surface area contributed by atoms with Gasteiger partial charge in [-0.3, -0.25) is 19.5 Å². The lowest BCUT2D eigenvalue weighted by Gasteiger charge is -2.32. The van der Waals surface area contributed by atoms with Crippen molar-refractivity contribution >= 4 is 46.6 Å². The number of alkyl halides is 3. The van der Waals surface area contributed by atoms with Gasteiger partial charge in [-0.1, -0.05) is 37.3 Å². The summed E-state index contributed by atoms with van der Waals surface area (Å²) in [5.41, 5.74) is -4.09. The average molecular weight is 475 g/mol. The maximum Gasteiger partial charge on any atom is 0.511 e. The fourth-order valence-corrected chi connectivity index (χ4v) is 4.54. The summed E-state index contributed by atoms with van der Waals surface area (Å²) in [7, 11) is 0.